The molecular weight excluding hydrogens is 320 g/mol. The number of aromatic nitrogens is 3. The average molecular weight is 342 g/mol. The van der Waals surface area contributed by atoms with Gasteiger partial charge in [-0.15, -0.1) is 0 Å². The number of hydrogen-bond acceptors (Lipinski definition) is 5. The van der Waals surface area contributed by atoms with Gasteiger partial charge in [0.1, 0.15) is 11.4 Å². The molecule has 7 heteroatoms. The number of nitrogens with one attached hydrogen (secondary N) is 1. The molecule has 2 aromatic rings. The molecule has 1 fully saturated rings. The Morgan fingerprint density at radius 3 is 3.00 bits per heavy atom. The molecule has 132 valence electrons. The molecule has 3 heterocycles. The molecule has 1 N–H and O–H groups in total. The van der Waals surface area contributed by atoms with E-state index in [1.54, 1.807) is 36.5 Å². The molecule has 1 amide bonds. The van der Waals surface area contributed by atoms with E-state index in [-0.39, 0.29) is 11.5 Å². The number of aromatic amines is 1. The average Bonchev–Trinajstić information content (AvgIpc) is 3.15. The molecule has 1 aliphatic heterocycles. The van der Waals surface area contributed by atoms with Crippen molar-refractivity contribution in [2.45, 2.75) is 31.8 Å². The Morgan fingerprint density at radius 2 is 2.32 bits per heavy atom. The van der Waals surface area contributed by atoms with Crippen LogP contribution in [0.2, 0.25) is 0 Å². The highest BCUT2D eigenvalue weighted by molar-refractivity contribution is 5.93. The lowest BCUT2D eigenvalue weighted by Gasteiger charge is -2.18. The summed E-state index contributed by atoms with van der Waals surface area (Å²) in [4.78, 5) is 37.1. The second kappa shape index (κ2) is 8.02. The highest BCUT2D eigenvalue weighted by atomic mass is 16.5. The van der Waals surface area contributed by atoms with Crippen LogP contribution >= 0.6 is 0 Å². The molecule has 0 saturated carbocycles. The minimum Gasteiger partial charge on any atom is -0.378 e. The molecule has 0 radical (unpaired) electrons. The van der Waals surface area contributed by atoms with Crippen LogP contribution in [0.3, 0.4) is 0 Å². The number of carbonyl (C=O) groups is 1. The highest BCUT2D eigenvalue weighted by Crippen LogP contribution is 2.17. The Hall–Kier alpha value is -2.54. The first-order valence-corrected chi connectivity index (χ1v) is 8.52. The lowest BCUT2D eigenvalue weighted by atomic mass is 10.1. The molecule has 0 unspecified atom stereocenters. The van der Waals surface area contributed by atoms with Crippen LogP contribution in [0.5, 0.6) is 0 Å². The van der Waals surface area contributed by atoms with Gasteiger partial charge in [-0.05, 0) is 37.8 Å². The zero-order valence-electron chi connectivity index (χ0n) is 14.3. The maximum atomic E-state index is 12.5. The Balaban J connectivity index is 1.62. The van der Waals surface area contributed by atoms with Gasteiger partial charge in [0.15, 0.2) is 0 Å². The monoisotopic (exact) mass is 342 g/mol. The smallest absolute Gasteiger partial charge is 0.264 e. The molecule has 0 aliphatic carbocycles. The van der Waals surface area contributed by atoms with E-state index in [0.29, 0.717) is 24.0 Å². The molecule has 1 saturated heterocycles. The van der Waals surface area contributed by atoms with Crippen molar-refractivity contribution < 1.29 is 9.53 Å². The molecule has 25 heavy (non-hydrogen) atoms. The minimum atomic E-state index is -0.440. The highest BCUT2D eigenvalue weighted by Gasteiger charge is 2.19. The van der Waals surface area contributed by atoms with E-state index < -0.39 is 5.56 Å². The standard InChI is InChI=1S/C18H22N4O3/c1-22(9-3-6-14-7-4-10-25-14)18(24)15-12-20-16(21-17(15)23)13-5-2-8-19-11-13/h2,5,8,11-12,14H,3-4,6-7,9-10H2,1H3,(H,20,21,23)/t14-/m0/s1. The fourth-order valence-electron chi connectivity index (χ4n) is 2.93. The molecule has 1 atom stereocenters. The van der Waals surface area contributed by atoms with Crippen LogP contribution in [0, 0.1) is 0 Å². The normalized spacial score (nSPS) is 16.8. The number of H-pyrrole nitrogens is 1. The van der Waals surface area contributed by atoms with E-state index in [1.165, 1.54) is 6.20 Å². The summed E-state index contributed by atoms with van der Waals surface area (Å²) in [6.07, 6.45) is 8.90. The maximum absolute atomic E-state index is 12.5. The van der Waals surface area contributed by atoms with E-state index in [4.69, 9.17) is 4.74 Å². The van der Waals surface area contributed by atoms with Crippen LogP contribution in [0.25, 0.3) is 11.4 Å². The summed E-state index contributed by atoms with van der Waals surface area (Å²) in [6, 6.07) is 3.56. The predicted octanol–water partition coefficient (Wildman–Crippen LogP) is 1.86. The number of carbonyl (C=O) groups excluding carboxylic acids is 1. The number of rotatable bonds is 6. The molecule has 3 rings (SSSR count). The summed E-state index contributed by atoms with van der Waals surface area (Å²) in [5.41, 5.74) is 0.306. The molecule has 2 aromatic heterocycles. The lowest BCUT2D eigenvalue weighted by Crippen LogP contribution is -2.33. The molecule has 0 spiro atoms. The van der Waals surface area contributed by atoms with Gasteiger partial charge in [-0.1, -0.05) is 0 Å². The summed E-state index contributed by atoms with van der Waals surface area (Å²) >= 11 is 0. The van der Waals surface area contributed by atoms with Crippen molar-refractivity contribution in [2.24, 2.45) is 0 Å². The first-order chi connectivity index (χ1) is 12.1. The van der Waals surface area contributed by atoms with Crippen molar-refractivity contribution in [3.05, 3.63) is 46.6 Å². The summed E-state index contributed by atoms with van der Waals surface area (Å²) in [7, 11) is 1.70. The zero-order chi connectivity index (χ0) is 17.6. The van der Waals surface area contributed by atoms with E-state index in [9.17, 15) is 9.59 Å². The number of nitrogens with zero attached hydrogens (tertiary/aromatic N) is 3. The van der Waals surface area contributed by atoms with Crippen molar-refractivity contribution in [3.8, 4) is 11.4 Å². The number of pyridine rings is 1. The van der Waals surface area contributed by atoms with Crippen LogP contribution in [0.15, 0.2) is 35.5 Å². The second-order valence-corrected chi connectivity index (χ2v) is 6.22. The van der Waals surface area contributed by atoms with Gasteiger partial charge in [0, 0.05) is 44.4 Å². The molecule has 7 nitrogen and oxygen atoms in total. The SMILES string of the molecule is CN(CCC[C@H]1CCCO1)C(=O)c1cnc(-c2cccnc2)[nH]c1=O. The Kier molecular flexibility index (Phi) is 5.55. The fraction of sp³-hybridized carbons (Fsp3) is 0.444. The lowest BCUT2D eigenvalue weighted by molar-refractivity contribution is 0.0761. The first kappa shape index (κ1) is 17.3. The number of hydrogen-bond donors (Lipinski definition) is 1. The summed E-state index contributed by atoms with van der Waals surface area (Å²) in [5, 5.41) is 0. The third-order valence-corrected chi connectivity index (χ3v) is 4.35. The Labute approximate surface area is 146 Å². The molecular formula is C18H22N4O3. The van der Waals surface area contributed by atoms with Crippen molar-refractivity contribution >= 4 is 5.91 Å². The van der Waals surface area contributed by atoms with Gasteiger partial charge >= 0.3 is 0 Å². The van der Waals surface area contributed by atoms with Crippen molar-refractivity contribution in [1.82, 2.24) is 19.9 Å². The van der Waals surface area contributed by atoms with Gasteiger partial charge in [-0.3, -0.25) is 14.6 Å². The second-order valence-electron chi connectivity index (χ2n) is 6.22. The summed E-state index contributed by atoms with van der Waals surface area (Å²) < 4.78 is 5.58. The van der Waals surface area contributed by atoms with Crippen LogP contribution in [-0.2, 0) is 4.74 Å². The molecule has 1 aliphatic rings. The van der Waals surface area contributed by atoms with Crippen molar-refractivity contribution in [2.75, 3.05) is 20.2 Å². The van der Waals surface area contributed by atoms with Crippen molar-refractivity contribution in [1.29, 1.82) is 0 Å². The van der Waals surface area contributed by atoms with Crippen molar-refractivity contribution in [3.63, 3.8) is 0 Å². The molecule has 0 bridgehead atoms. The number of amides is 1. The number of ether oxygens (including phenoxy) is 1. The molecule has 0 aromatic carbocycles. The van der Waals surface area contributed by atoms with Gasteiger partial charge < -0.3 is 14.6 Å². The quantitative estimate of drug-likeness (QED) is 0.866. The minimum absolute atomic E-state index is 0.0484. The first-order valence-electron chi connectivity index (χ1n) is 8.52. The topological polar surface area (TPSA) is 88.2 Å². The van der Waals surface area contributed by atoms with E-state index in [0.717, 1.165) is 32.3 Å². The third kappa shape index (κ3) is 4.30. The van der Waals surface area contributed by atoms with Gasteiger partial charge in [0.05, 0.1) is 6.10 Å². The van der Waals surface area contributed by atoms with E-state index >= 15 is 0 Å². The van der Waals surface area contributed by atoms with Gasteiger partial charge in [-0.25, -0.2) is 4.98 Å². The fourth-order valence-corrected chi connectivity index (χ4v) is 2.93. The Morgan fingerprint density at radius 1 is 1.44 bits per heavy atom. The van der Waals surface area contributed by atoms with Gasteiger partial charge in [-0.2, -0.15) is 0 Å². The summed E-state index contributed by atoms with van der Waals surface area (Å²) in [6.45, 7) is 1.42. The largest absolute Gasteiger partial charge is 0.378 e. The maximum Gasteiger partial charge on any atom is 0.264 e. The zero-order valence-corrected chi connectivity index (χ0v) is 14.3. The van der Waals surface area contributed by atoms with Crippen LogP contribution in [-0.4, -0.2) is 52.1 Å². The summed E-state index contributed by atoms with van der Waals surface area (Å²) in [5.74, 6) is 0.0783. The van der Waals surface area contributed by atoms with E-state index in [1.807, 2.05) is 0 Å². The van der Waals surface area contributed by atoms with Crippen LogP contribution < -0.4 is 5.56 Å². The predicted molar refractivity (Wildman–Crippen MR) is 93.3 cm³/mol. The van der Waals surface area contributed by atoms with Crippen LogP contribution in [0.4, 0.5) is 0 Å². The third-order valence-electron chi connectivity index (χ3n) is 4.35. The van der Waals surface area contributed by atoms with Gasteiger partial charge in [0.25, 0.3) is 11.5 Å². The Bertz CT molecular complexity index is 769. The van der Waals surface area contributed by atoms with E-state index in [2.05, 4.69) is 15.0 Å². The van der Waals surface area contributed by atoms with Crippen LogP contribution in [0.1, 0.15) is 36.0 Å². The van der Waals surface area contributed by atoms with Gasteiger partial charge in [0.2, 0.25) is 0 Å².